The molecule has 1 heterocycles. The Hall–Kier alpha value is -3.88. The predicted octanol–water partition coefficient (Wildman–Crippen LogP) is 2.45. The normalized spacial score (nSPS) is 14.9. The molecule has 0 spiro atoms. The number of carbonyl (C=O) groups is 2. The number of carbonyl (C=O) groups excluding carboxylic acids is 2. The summed E-state index contributed by atoms with van der Waals surface area (Å²) in [4.78, 5) is 35.6. The second-order valence-electron chi connectivity index (χ2n) is 6.56. The summed E-state index contributed by atoms with van der Waals surface area (Å²) in [6.07, 6.45) is 2.28. The number of rotatable bonds is 7. The first kappa shape index (κ1) is 20.8. The number of benzene rings is 2. The third kappa shape index (κ3) is 5.57. The van der Waals surface area contributed by atoms with Gasteiger partial charge < -0.3 is 19.1 Å². The van der Waals surface area contributed by atoms with Crippen LogP contribution < -0.4 is 9.47 Å². The Morgan fingerprint density at radius 3 is 2.60 bits per heavy atom. The molecular weight excluding hydrogens is 392 g/mol. The lowest BCUT2D eigenvalue weighted by atomic mass is 10.2. The molecule has 0 N–H and O–H groups in total. The molecule has 30 heavy (non-hydrogen) atoms. The van der Waals surface area contributed by atoms with Crippen molar-refractivity contribution in [3.05, 3.63) is 70.3 Å². The average molecular weight is 412 g/mol. The van der Waals surface area contributed by atoms with Crippen LogP contribution in [-0.4, -0.2) is 54.6 Å². The molecule has 0 bridgehead atoms. The van der Waals surface area contributed by atoms with E-state index in [9.17, 15) is 19.7 Å². The maximum Gasteiger partial charge on any atom is 0.331 e. The zero-order chi connectivity index (χ0) is 21.5. The lowest BCUT2D eigenvalue weighted by molar-refractivity contribution is -0.384. The maximum atomic E-state index is 12.2. The van der Waals surface area contributed by atoms with Gasteiger partial charge in [0.05, 0.1) is 11.5 Å². The van der Waals surface area contributed by atoms with Crippen LogP contribution >= 0.6 is 0 Å². The summed E-state index contributed by atoms with van der Waals surface area (Å²) in [5.41, 5.74) is 0.551. The number of nitro benzene ring substituents is 1. The van der Waals surface area contributed by atoms with E-state index in [1.165, 1.54) is 35.2 Å². The van der Waals surface area contributed by atoms with Gasteiger partial charge in [0.25, 0.3) is 11.6 Å². The number of nitrogens with zero attached hydrogens (tertiary/aromatic N) is 2. The fourth-order valence-electron chi connectivity index (χ4n) is 2.72. The van der Waals surface area contributed by atoms with Gasteiger partial charge in [0.2, 0.25) is 0 Å². The molecule has 0 radical (unpaired) electrons. The summed E-state index contributed by atoms with van der Waals surface area (Å²) in [5.74, 6) is 0.213. The SMILES string of the molecule is CN(C[C@@H]1COc2ccccc2O1)C(=O)COC(=O)/C=C/c1ccc([N+](=O)[O-])cc1. The first-order chi connectivity index (χ1) is 14.4. The van der Waals surface area contributed by atoms with Crippen LogP contribution in [0, 0.1) is 10.1 Å². The third-order valence-electron chi connectivity index (χ3n) is 4.32. The summed E-state index contributed by atoms with van der Waals surface area (Å²) in [5, 5.41) is 10.6. The van der Waals surface area contributed by atoms with Crippen LogP contribution in [0.2, 0.25) is 0 Å². The molecule has 0 unspecified atom stereocenters. The van der Waals surface area contributed by atoms with E-state index in [1.807, 2.05) is 18.2 Å². The molecule has 2 aromatic rings. The van der Waals surface area contributed by atoms with E-state index < -0.39 is 17.5 Å². The lowest BCUT2D eigenvalue weighted by Crippen LogP contribution is -2.43. The first-order valence-corrected chi connectivity index (χ1v) is 9.14. The second-order valence-corrected chi connectivity index (χ2v) is 6.56. The van der Waals surface area contributed by atoms with Crippen LogP contribution in [0.15, 0.2) is 54.6 Å². The molecule has 2 aromatic carbocycles. The number of fused-ring (bicyclic) bond motifs is 1. The second kappa shape index (κ2) is 9.55. The van der Waals surface area contributed by atoms with Crippen molar-refractivity contribution in [3.63, 3.8) is 0 Å². The fraction of sp³-hybridized carbons (Fsp3) is 0.238. The molecule has 0 aliphatic carbocycles. The minimum absolute atomic E-state index is 0.0424. The van der Waals surface area contributed by atoms with Gasteiger partial charge in [-0.2, -0.15) is 0 Å². The molecule has 0 saturated heterocycles. The molecule has 156 valence electrons. The molecule has 9 nitrogen and oxygen atoms in total. The lowest BCUT2D eigenvalue weighted by Gasteiger charge is -2.29. The van der Waals surface area contributed by atoms with Gasteiger partial charge in [-0.25, -0.2) is 4.79 Å². The van der Waals surface area contributed by atoms with E-state index in [2.05, 4.69) is 0 Å². The Labute approximate surface area is 172 Å². The van der Waals surface area contributed by atoms with E-state index in [1.54, 1.807) is 13.1 Å². The monoisotopic (exact) mass is 412 g/mol. The Kier molecular flexibility index (Phi) is 6.63. The van der Waals surface area contributed by atoms with Gasteiger partial charge >= 0.3 is 5.97 Å². The van der Waals surface area contributed by atoms with Gasteiger partial charge in [0.15, 0.2) is 24.2 Å². The highest BCUT2D eigenvalue weighted by molar-refractivity contribution is 5.89. The van der Waals surface area contributed by atoms with E-state index in [0.29, 0.717) is 23.7 Å². The molecule has 1 atom stereocenters. The highest BCUT2D eigenvalue weighted by Crippen LogP contribution is 2.30. The zero-order valence-corrected chi connectivity index (χ0v) is 16.2. The van der Waals surface area contributed by atoms with Crippen LogP contribution in [0.25, 0.3) is 6.08 Å². The zero-order valence-electron chi connectivity index (χ0n) is 16.2. The van der Waals surface area contributed by atoms with Crippen molar-refractivity contribution in [2.45, 2.75) is 6.10 Å². The number of para-hydroxylation sites is 2. The van der Waals surface area contributed by atoms with Crippen LogP contribution in [0.1, 0.15) is 5.56 Å². The van der Waals surface area contributed by atoms with Crippen molar-refractivity contribution in [2.24, 2.45) is 0 Å². The Morgan fingerprint density at radius 2 is 1.90 bits per heavy atom. The van der Waals surface area contributed by atoms with Crippen molar-refractivity contribution in [1.82, 2.24) is 4.90 Å². The van der Waals surface area contributed by atoms with Crippen molar-refractivity contribution in [2.75, 3.05) is 26.8 Å². The third-order valence-corrected chi connectivity index (χ3v) is 4.32. The summed E-state index contributed by atoms with van der Waals surface area (Å²) < 4.78 is 16.4. The molecule has 1 aliphatic rings. The van der Waals surface area contributed by atoms with Crippen LogP contribution in [0.3, 0.4) is 0 Å². The van der Waals surface area contributed by atoms with Gasteiger partial charge in [-0.3, -0.25) is 14.9 Å². The smallest absolute Gasteiger partial charge is 0.331 e. The number of amides is 1. The minimum Gasteiger partial charge on any atom is -0.486 e. The van der Waals surface area contributed by atoms with Gasteiger partial charge in [0.1, 0.15) is 6.61 Å². The van der Waals surface area contributed by atoms with Crippen LogP contribution in [-0.2, 0) is 14.3 Å². The Balaban J connectivity index is 1.43. The van der Waals surface area contributed by atoms with Crippen LogP contribution in [0.4, 0.5) is 5.69 Å². The van der Waals surface area contributed by atoms with E-state index in [0.717, 1.165) is 6.08 Å². The number of likely N-dealkylation sites (N-methyl/N-ethyl adjacent to an activating group) is 1. The fourth-order valence-corrected chi connectivity index (χ4v) is 2.72. The predicted molar refractivity (Wildman–Crippen MR) is 107 cm³/mol. The Bertz CT molecular complexity index is 956. The minimum atomic E-state index is -0.693. The van der Waals surface area contributed by atoms with Crippen molar-refractivity contribution in [3.8, 4) is 11.5 Å². The number of hydrogen-bond acceptors (Lipinski definition) is 7. The van der Waals surface area contributed by atoms with Gasteiger partial charge in [0, 0.05) is 25.3 Å². The molecule has 1 amide bonds. The molecule has 0 saturated carbocycles. The van der Waals surface area contributed by atoms with Gasteiger partial charge in [-0.1, -0.05) is 12.1 Å². The summed E-state index contributed by atoms with van der Waals surface area (Å²) >= 11 is 0. The molecule has 1 aliphatic heterocycles. The summed E-state index contributed by atoms with van der Waals surface area (Å²) in [6.45, 7) is 0.180. The highest BCUT2D eigenvalue weighted by atomic mass is 16.6. The number of hydrogen-bond donors (Lipinski definition) is 0. The van der Waals surface area contributed by atoms with Crippen molar-refractivity contribution in [1.29, 1.82) is 0 Å². The van der Waals surface area contributed by atoms with Gasteiger partial charge in [-0.15, -0.1) is 0 Å². The average Bonchev–Trinajstić information content (AvgIpc) is 2.76. The summed E-state index contributed by atoms with van der Waals surface area (Å²) in [7, 11) is 1.59. The molecule has 0 fully saturated rings. The van der Waals surface area contributed by atoms with Crippen molar-refractivity contribution < 1.29 is 28.7 Å². The largest absolute Gasteiger partial charge is 0.486 e. The van der Waals surface area contributed by atoms with Crippen LogP contribution in [0.5, 0.6) is 11.5 Å². The van der Waals surface area contributed by atoms with Crippen molar-refractivity contribution >= 4 is 23.6 Å². The Morgan fingerprint density at radius 1 is 1.20 bits per heavy atom. The number of ether oxygens (including phenoxy) is 3. The molecule has 3 rings (SSSR count). The highest BCUT2D eigenvalue weighted by Gasteiger charge is 2.24. The topological polar surface area (TPSA) is 108 Å². The summed E-state index contributed by atoms with van der Waals surface area (Å²) in [6, 6.07) is 13.0. The first-order valence-electron chi connectivity index (χ1n) is 9.14. The van der Waals surface area contributed by atoms with E-state index in [-0.39, 0.29) is 24.2 Å². The van der Waals surface area contributed by atoms with E-state index >= 15 is 0 Å². The number of esters is 1. The maximum absolute atomic E-state index is 12.2. The molecule has 0 aromatic heterocycles. The molecular formula is C21H20N2O7. The molecule has 9 heteroatoms. The quantitative estimate of drug-likeness (QED) is 0.297. The standard InChI is InChI=1S/C21H20N2O7/c1-22(12-17-13-28-18-4-2-3-5-19(18)30-17)20(24)14-29-21(25)11-8-15-6-9-16(10-7-15)23(26)27/h2-11,17H,12-14H2,1H3/b11-8+/t17-/m1/s1. The number of non-ortho nitro benzene ring substituents is 1. The van der Waals surface area contributed by atoms with E-state index in [4.69, 9.17) is 14.2 Å². The number of nitro groups is 1. The van der Waals surface area contributed by atoms with Gasteiger partial charge in [-0.05, 0) is 35.9 Å².